The lowest BCUT2D eigenvalue weighted by Gasteiger charge is -2.15. The van der Waals surface area contributed by atoms with E-state index in [4.69, 9.17) is 0 Å². The molecular weight excluding hydrogens is 246 g/mol. The van der Waals surface area contributed by atoms with Crippen molar-refractivity contribution in [1.29, 1.82) is 0 Å². The van der Waals surface area contributed by atoms with Gasteiger partial charge in [-0.15, -0.1) is 0 Å². The molecule has 0 heterocycles. The van der Waals surface area contributed by atoms with Crippen molar-refractivity contribution < 1.29 is 13.9 Å². The molecule has 0 aliphatic rings. The predicted octanol–water partition coefficient (Wildman–Crippen LogP) is 3.97. The van der Waals surface area contributed by atoms with E-state index in [1.807, 2.05) is 19.9 Å². The summed E-state index contributed by atoms with van der Waals surface area (Å²) in [5, 5.41) is 10.2. The lowest BCUT2D eigenvalue weighted by atomic mass is 9.97. The molecule has 0 saturated carbocycles. The second-order valence-corrected chi connectivity index (χ2v) is 4.87. The van der Waals surface area contributed by atoms with E-state index in [1.54, 1.807) is 12.1 Å². The van der Waals surface area contributed by atoms with Gasteiger partial charge in [0, 0.05) is 5.56 Å². The average Bonchev–Trinajstić information content (AvgIpc) is 2.36. The number of aliphatic hydroxyl groups is 1. The zero-order valence-corrected chi connectivity index (χ0v) is 11.2. The molecule has 2 aromatic rings. The van der Waals surface area contributed by atoms with Crippen LogP contribution in [0.3, 0.4) is 0 Å². The van der Waals surface area contributed by atoms with Crippen LogP contribution >= 0.6 is 0 Å². The summed E-state index contributed by atoms with van der Waals surface area (Å²) in [5.41, 5.74) is 2.85. The monoisotopic (exact) mass is 262 g/mol. The minimum atomic E-state index is -1.16. The maximum Gasteiger partial charge on any atom is 0.129 e. The first kappa shape index (κ1) is 13.7. The van der Waals surface area contributed by atoms with E-state index in [0.717, 1.165) is 23.3 Å². The molecule has 0 aliphatic carbocycles. The third kappa shape index (κ3) is 2.66. The highest BCUT2D eigenvalue weighted by molar-refractivity contribution is 5.37. The molecule has 1 nitrogen and oxygen atoms in total. The first-order valence-corrected chi connectivity index (χ1v) is 6.11. The Morgan fingerprint density at radius 3 is 2.16 bits per heavy atom. The fraction of sp³-hybridized carbons (Fsp3) is 0.250. The van der Waals surface area contributed by atoms with Gasteiger partial charge in [-0.2, -0.15) is 0 Å². The summed E-state index contributed by atoms with van der Waals surface area (Å²) in [7, 11) is 0. The van der Waals surface area contributed by atoms with Gasteiger partial charge >= 0.3 is 0 Å². The SMILES string of the molecule is Cc1ccc(C(O)c2cc(F)c(C)cc2F)cc1C. The first-order chi connectivity index (χ1) is 8.90. The molecule has 1 unspecified atom stereocenters. The number of benzene rings is 2. The maximum atomic E-state index is 13.8. The van der Waals surface area contributed by atoms with Gasteiger partial charge in [0.25, 0.3) is 0 Å². The van der Waals surface area contributed by atoms with Gasteiger partial charge in [-0.25, -0.2) is 8.78 Å². The molecule has 0 fully saturated rings. The molecule has 0 amide bonds. The summed E-state index contributed by atoms with van der Waals surface area (Å²) in [6, 6.07) is 7.54. The van der Waals surface area contributed by atoms with Gasteiger partial charge in [0.15, 0.2) is 0 Å². The van der Waals surface area contributed by atoms with Crippen LogP contribution in [0.4, 0.5) is 8.78 Å². The maximum absolute atomic E-state index is 13.8. The van der Waals surface area contributed by atoms with Crippen LogP contribution in [0.25, 0.3) is 0 Å². The third-order valence-corrected chi connectivity index (χ3v) is 3.42. The largest absolute Gasteiger partial charge is 0.384 e. The van der Waals surface area contributed by atoms with Crippen LogP contribution in [0, 0.1) is 32.4 Å². The zero-order chi connectivity index (χ0) is 14.2. The highest BCUT2D eigenvalue weighted by Gasteiger charge is 2.17. The van der Waals surface area contributed by atoms with E-state index in [-0.39, 0.29) is 11.1 Å². The Bertz CT molecular complexity index is 620. The molecule has 0 radical (unpaired) electrons. The van der Waals surface area contributed by atoms with Crippen molar-refractivity contribution in [2.24, 2.45) is 0 Å². The van der Waals surface area contributed by atoms with E-state index >= 15 is 0 Å². The Kier molecular flexibility index (Phi) is 3.67. The summed E-state index contributed by atoms with van der Waals surface area (Å²) in [5.74, 6) is -1.11. The van der Waals surface area contributed by atoms with E-state index in [1.165, 1.54) is 6.92 Å². The van der Waals surface area contributed by atoms with Crippen LogP contribution in [-0.4, -0.2) is 5.11 Å². The molecule has 0 saturated heterocycles. The molecule has 2 rings (SSSR count). The van der Waals surface area contributed by atoms with Crippen molar-refractivity contribution in [2.75, 3.05) is 0 Å². The molecule has 0 spiro atoms. The average molecular weight is 262 g/mol. The molecule has 0 bridgehead atoms. The van der Waals surface area contributed by atoms with Gasteiger partial charge in [0.2, 0.25) is 0 Å². The summed E-state index contributed by atoms with van der Waals surface area (Å²) in [6.07, 6.45) is -1.16. The Balaban J connectivity index is 2.46. The van der Waals surface area contributed by atoms with Gasteiger partial charge in [-0.3, -0.25) is 0 Å². The topological polar surface area (TPSA) is 20.2 Å². The van der Waals surface area contributed by atoms with Crippen LogP contribution < -0.4 is 0 Å². The number of aliphatic hydroxyl groups excluding tert-OH is 1. The van der Waals surface area contributed by atoms with Crippen molar-refractivity contribution in [3.05, 3.63) is 69.8 Å². The quantitative estimate of drug-likeness (QED) is 0.868. The fourth-order valence-corrected chi connectivity index (χ4v) is 1.99. The van der Waals surface area contributed by atoms with Gasteiger partial charge in [-0.05, 0) is 55.2 Å². The van der Waals surface area contributed by atoms with Gasteiger partial charge in [-0.1, -0.05) is 18.2 Å². The molecular formula is C16H16F2O. The number of halogens is 2. The fourth-order valence-electron chi connectivity index (χ4n) is 1.99. The smallest absolute Gasteiger partial charge is 0.129 e. The highest BCUT2D eigenvalue weighted by atomic mass is 19.1. The van der Waals surface area contributed by atoms with Crippen LogP contribution in [-0.2, 0) is 0 Å². The normalized spacial score (nSPS) is 12.5. The van der Waals surface area contributed by atoms with Crippen molar-refractivity contribution in [3.63, 3.8) is 0 Å². The van der Waals surface area contributed by atoms with Crippen molar-refractivity contribution >= 4 is 0 Å². The Morgan fingerprint density at radius 1 is 0.842 bits per heavy atom. The standard InChI is InChI=1S/C16H16F2O/c1-9-4-5-12(6-10(9)2)16(19)13-8-14(17)11(3)7-15(13)18/h4-8,16,19H,1-3H3. The van der Waals surface area contributed by atoms with Crippen LogP contribution in [0.15, 0.2) is 30.3 Å². The second kappa shape index (κ2) is 5.10. The van der Waals surface area contributed by atoms with Crippen molar-refractivity contribution in [2.45, 2.75) is 26.9 Å². The minimum Gasteiger partial charge on any atom is -0.384 e. The Hall–Kier alpha value is -1.74. The molecule has 1 atom stereocenters. The van der Waals surface area contributed by atoms with E-state index in [0.29, 0.717) is 5.56 Å². The molecule has 100 valence electrons. The molecule has 1 N–H and O–H groups in total. The van der Waals surface area contributed by atoms with Gasteiger partial charge < -0.3 is 5.11 Å². The second-order valence-electron chi connectivity index (χ2n) is 4.87. The first-order valence-electron chi connectivity index (χ1n) is 6.11. The predicted molar refractivity (Wildman–Crippen MR) is 71.1 cm³/mol. The number of rotatable bonds is 2. The Morgan fingerprint density at radius 2 is 1.53 bits per heavy atom. The lowest BCUT2D eigenvalue weighted by molar-refractivity contribution is 0.214. The molecule has 0 aromatic heterocycles. The number of hydrogen-bond acceptors (Lipinski definition) is 1. The highest BCUT2D eigenvalue weighted by Crippen LogP contribution is 2.27. The zero-order valence-electron chi connectivity index (χ0n) is 11.2. The molecule has 2 aromatic carbocycles. The number of aryl methyl sites for hydroxylation is 3. The summed E-state index contributed by atoms with van der Waals surface area (Å²) in [4.78, 5) is 0. The number of hydrogen-bond donors (Lipinski definition) is 1. The summed E-state index contributed by atoms with van der Waals surface area (Å²) >= 11 is 0. The minimum absolute atomic E-state index is 0.0358. The van der Waals surface area contributed by atoms with E-state index < -0.39 is 17.7 Å². The van der Waals surface area contributed by atoms with Crippen molar-refractivity contribution in [1.82, 2.24) is 0 Å². The molecule has 0 aliphatic heterocycles. The van der Waals surface area contributed by atoms with Crippen LogP contribution in [0.2, 0.25) is 0 Å². The van der Waals surface area contributed by atoms with Crippen LogP contribution in [0.5, 0.6) is 0 Å². The lowest BCUT2D eigenvalue weighted by Crippen LogP contribution is -2.05. The van der Waals surface area contributed by atoms with Crippen molar-refractivity contribution in [3.8, 4) is 0 Å². The molecule has 19 heavy (non-hydrogen) atoms. The third-order valence-electron chi connectivity index (χ3n) is 3.42. The van der Waals surface area contributed by atoms with E-state index in [9.17, 15) is 13.9 Å². The van der Waals surface area contributed by atoms with E-state index in [2.05, 4.69) is 0 Å². The van der Waals surface area contributed by atoms with Gasteiger partial charge in [0.1, 0.15) is 17.7 Å². The summed E-state index contributed by atoms with van der Waals surface area (Å²) in [6.45, 7) is 5.36. The Labute approximate surface area is 111 Å². The molecule has 3 heteroatoms. The summed E-state index contributed by atoms with van der Waals surface area (Å²) < 4.78 is 27.3. The van der Waals surface area contributed by atoms with Gasteiger partial charge in [0.05, 0.1) is 0 Å². The van der Waals surface area contributed by atoms with Crippen LogP contribution in [0.1, 0.15) is 33.9 Å².